The van der Waals surface area contributed by atoms with E-state index in [4.69, 9.17) is 14.2 Å². The first-order chi connectivity index (χ1) is 9.51. The lowest BCUT2D eigenvalue weighted by molar-refractivity contribution is -0.137. The fourth-order valence-electron chi connectivity index (χ4n) is 1.83. The third kappa shape index (κ3) is 3.12. The number of rotatable bonds is 6. The van der Waals surface area contributed by atoms with Crippen LogP contribution in [0.4, 0.5) is 0 Å². The minimum absolute atomic E-state index is 0.144. The van der Waals surface area contributed by atoms with E-state index in [0.717, 1.165) is 5.56 Å². The van der Waals surface area contributed by atoms with E-state index >= 15 is 0 Å². The van der Waals surface area contributed by atoms with Crippen molar-refractivity contribution in [1.29, 1.82) is 0 Å². The first-order valence-corrected chi connectivity index (χ1v) is 6.95. The zero-order chi connectivity index (χ0) is 15.3. The molecule has 0 aliphatic rings. The van der Waals surface area contributed by atoms with Crippen molar-refractivity contribution < 1.29 is 23.8 Å². The molecule has 0 saturated carbocycles. The highest BCUT2D eigenvalue weighted by molar-refractivity contribution is 9.10. The topological polar surface area (TPSA) is 61.8 Å². The summed E-state index contributed by atoms with van der Waals surface area (Å²) in [6, 6.07) is 1.60. The maximum atomic E-state index is 12.1. The Kier molecular flexibility index (Phi) is 6.01. The fourth-order valence-corrected chi connectivity index (χ4v) is 2.62. The van der Waals surface area contributed by atoms with Gasteiger partial charge in [0.05, 0.1) is 26.4 Å². The molecule has 0 atom stereocenters. The van der Waals surface area contributed by atoms with Crippen molar-refractivity contribution in [2.75, 3.05) is 20.8 Å². The lowest BCUT2D eigenvalue weighted by Crippen LogP contribution is -2.19. The van der Waals surface area contributed by atoms with Crippen molar-refractivity contribution in [2.45, 2.75) is 20.3 Å². The third-order valence-electron chi connectivity index (χ3n) is 2.75. The number of hydrogen-bond acceptors (Lipinski definition) is 5. The number of Topliss-reactive ketones (excluding diaryl/α,β-unsaturated/α-hetero) is 1. The van der Waals surface area contributed by atoms with E-state index < -0.39 is 11.8 Å². The molecule has 0 aliphatic heterocycles. The normalized spacial score (nSPS) is 10.1. The van der Waals surface area contributed by atoms with E-state index in [1.165, 1.54) is 14.2 Å². The number of benzene rings is 1. The molecule has 0 fully saturated rings. The summed E-state index contributed by atoms with van der Waals surface area (Å²) < 4.78 is 15.8. The van der Waals surface area contributed by atoms with E-state index in [1.807, 2.05) is 6.92 Å². The van der Waals surface area contributed by atoms with Crippen LogP contribution in [0.15, 0.2) is 10.5 Å². The second-order valence-electron chi connectivity index (χ2n) is 3.87. The van der Waals surface area contributed by atoms with E-state index in [1.54, 1.807) is 13.0 Å². The van der Waals surface area contributed by atoms with Gasteiger partial charge in [-0.25, -0.2) is 4.79 Å². The Morgan fingerprint density at radius 1 is 1.15 bits per heavy atom. The minimum Gasteiger partial charge on any atom is -0.495 e. The largest absolute Gasteiger partial charge is 0.495 e. The summed E-state index contributed by atoms with van der Waals surface area (Å²) in [6.45, 7) is 3.71. The molecule has 6 heteroatoms. The molecule has 0 heterocycles. The average Bonchev–Trinajstić information content (AvgIpc) is 2.45. The molecule has 0 bridgehead atoms. The number of ether oxygens (including phenoxy) is 3. The lowest BCUT2D eigenvalue weighted by atomic mass is 10.0. The first kappa shape index (κ1) is 16.5. The fraction of sp³-hybridized carbons (Fsp3) is 0.429. The van der Waals surface area contributed by atoms with Gasteiger partial charge in [0, 0.05) is 0 Å². The van der Waals surface area contributed by atoms with Gasteiger partial charge in [-0.05, 0) is 40.9 Å². The molecule has 0 saturated heterocycles. The number of esters is 1. The Labute approximate surface area is 126 Å². The van der Waals surface area contributed by atoms with Gasteiger partial charge in [0.15, 0.2) is 0 Å². The predicted molar refractivity (Wildman–Crippen MR) is 77.6 cm³/mol. The predicted octanol–water partition coefficient (Wildman–Crippen LogP) is 2.77. The summed E-state index contributed by atoms with van der Waals surface area (Å²) in [5.41, 5.74) is 0.961. The number of ketones is 1. The Morgan fingerprint density at radius 2 is 1.75 bits per heavy atom. The molecule has 0 aliphatic carbocycles. The van der Waals surface area contributed by atoms with Gasteiger partial charge in [0.2, 0.25) is 0 Å². The van der Waals surface area contributed by atoms with Crippen LogP contribution in [-0.4, -0.2) is 32.6 Å². The zero-order valence-electron chi connectivity index (χ0n) is 11.9. The van der Waals surface area contributed by atoms with Crippen molar-refractivity contribution in [3.05, 3.63) is 21.7 Å². The molecular formula is C14H17BrO5. The summed E-state index contributed by atoms with van der Waals surface area (Å²) in [5, 5.41) is 0. The number of carbonyl (C=O) groups excluding carboxylic acids is 2. The van der Waals surface area contributed by atoms with Crippen LogP contribution in [0.1, 0.15) is 29.8 Å². The van der Waals surface area contributed by atoms with E-state index in [9.17, 15) is 9.59 Å². The Morgan fingerprint density at radius 3 is 2.20 bits per heavy atom. The summed E-state index contributed by atoms with van der Waals surface area (Å²) in [4.78, 5) is 23.7. The van der Waals surface area contributed by atoms with Crippen molar-refractivity contribution in [3.63, 3.8) is 0 Å². The average molecular weight is 345 g/mol. The van der Waals surface area contributed by atoms with Gasteiger partial charge in [-0.2, -0.15) is 0 Å². The van der Waals surface area contributed by atoms with Crippen LogP contribution in [0.5, 0.6) is 11.5 Å². The number of methoxy groups -OCH3 is 2. The summed E-state index contributed by atoms with van der Waals surface area (Å²) in [6.07, 6.45) is 0.648. The monoisotopic (exact) mass is 344 g/mol. The molecule has 110 valence electrons. The first-order valence-electron chi connectivity index (χ1n) is 6.16. The highest BCUT2D eigenvalue weighted by Gasteiger charge is 2.26. The van der Waals surface area contributed by atoms with Crippen molar-refractivity contribution in [1.82, 2.24) is 0 Å². The zero-order valence-corrected chi connectivity index (χ0v) is 13.5. The molecule has 0 aromatic heterocycles. The molecule has 1 aromatic carbocycles. The van der Waals surface area contributed by atoms with Crippen LogP contribution < -0.4 is 9.47 Å². The van der Waals surface area contributed by atoms with Crippen LogP contribution in [0.25, 0.3) is 0 Å². The van der Waals surface area contributed by atoms with E-state index in [0.29, 0.717) is 16.6 Å². The summed E-state index contributed by atoms with van der Waals surface area (Å²) in [5.74, 6) is -0.784. The standard InChI is InChI=1S/C14H17BrO5/c1-5-8-7-9(11(16)14(17)20-6-2)13(19-4)10(15)12(8)18-3/h7H,5-6H2,1-4H3. The lowest BCUT2D eigenvalue weighted by Gasteiger charge is -2.16. The molecule has 1 rings (SSSR count). The second-order valence-corrected chi connectivity index (χ2v) is 4.66. The Bertz CT molecular complexity index is 525. The molecular weight excluding hydrogens is 328 g/mol. The van der Waals surface area contributed by atoms with E-state index in [-0.39, 0.29) is 17.9 Å². The Hall–Kier alpha value is -1.56. The molecule has 0 spiro atoms. The SMILES string of the molecule is CCOC(=O)C(=O)c1cc(CC)c(OC)c(Br)c1OC. The van der Waals surface area contributed by atoms with Crippen LogP contribution >= 0.6 is 15.9 Å². The summed E-state index contributed by atoms with van der Waals surface area (Å²) >= 11 is 3.35. The van der Waals surface area contributed by atoms with Crippen LogP contribution in [0.3, 0.4) is 0 Å². The van der Waals surface area contributed by atoms with Crippen molar-refractivity contribution in [3.8, 4) is 11.5 Å². The van der Waals surface area contributed by atoms with Crippen LogP contribution in [0, 0.1) is 0 Å². The number of aryl methyl sites for hydroxylation is 1. The van der Waals surface area contributed by atoms with Gasteiger partial charge in [-0.1, -0.05) is 6.92 Å². The highest BCUT2D eigenvalue weighted by atomic mass is 79.9. The maximum absolute atomic E-state index is 12.1. The maximum Gasteiger partial charge on any atom is 0.379 e. The van der Waals surface area contributed by atoms with E-state index in [2.05, 4.69) is 15.9 Å². The van der Waals surface area contributed by atoms with Gasteiger partial charge in [-0.3, -0.25) is 4.79 Å². The van der Waals surface area contributed by atoms with Gasteiger partial charge >= 0.3 is 5.97 Å². The minimum atomic E-state index is -0.898. The molecule has 0 amide bonds. The van der Waals surface area contributed by atoms with Gasteiger partial charge in [0.25, 0.3) is 5.78 Å². The molecule has 1 aromatic rings. The molecule has 0 radical (unpaired) electrons. The highest BCUT2D eigenvalue weighted by Crippen LogP contribution is 2.40. The van der Waals surface area contributed by atoms with Gasteiger partial charge in [-0.15, -0.1) is 0 Å². The van der Waals surface area contributed by atoms with Gasteiger partial charge in [0.1, 0.15) is 16.0 Å². The Balaban J connectivity index is 3.42. The third-order valence-corrected chi connectivity index (χ3v) is 3.47. The number of hydrogen-bond donors (Lipinski definition) is 0. The summed E-state index contributed by atoms with van der Waals surface area (Å²) in [7, 11) is 2.96. The molecule has 0 N–H and O–H groups in total. The van der Waals surface area contributed by atoms with Crippen LogP contribution in [0.2, 0.25) is 0 Å². The van der Waals surface area contributed by atoms with Crippen molar-refractivity contribution in [2.24, 2.45) is 0 Å². The second kappa shape index (κ2) is 7.28. The quantitative estimate of drug-likeness (QED) is 0.451. The molecule has 20 heavy (non-hydrogen) atoms. The van der Waals surface area contributed by atoms with Gasteiger partial charge < -0.3 is 14.2 Å². The number of halogens is 1. The molecule has 5 nitrogen and oxygen atoms in total. The van der Waals surface area contributed by atoms with Crippen molar-refractivity contribution >= 4 is 27.7 Å². The molecule has 0 unspecified atom stereocenters. The number of carbonyl (C=O) groups is 2. The smallest absolute Gasteiger partial charge is 0.379 e. The van der Waals surface area contributed by atoms with Crippen LogP contribution in [-0.2, 0) is 16.0 Å².